The number of nitrogens with zero attached hydrogens (tertiary/aromatic N) is 1. The third-order valence-corrected chi connectivity index (χ3v) is 4.32. The number of benzene rings is 2. The Morgan fingerprint density at radius 2 is 2.00 bits per heavy atom. The molecular formula is C20H18ClN4O+. The maximum atomic E-state index is 12.1. The predicted octanol–water partition coefficient (Wildman–Crippen LogP) is 3.33. The Kier molecular flexibility index (Phi) is 5.35. The smallest absolute Gasteiger partial charge is 0.290 e. The molecule has 0 aliphatic rings. The summed E-state index contributed by atoms with van der Waals surface area (Å²) in [4.78, 5) is 15.4. The van der Waals surface area contributed by atoms with Crippen molar-refractivity contribution in [2.45, 2.75) is 6.92 Å². The molecule has 1 aromatic heterocycles. The number of anilines is 1. The number of halogens is 1. The number of carbonyl (C=O) groups excluding carboxylic acids is 1. The van der Waals surface area contributed by atoms with Crippen LogP contribution in [0.4, 0.5) is 5.82 Å². The molecule has 0 unspecified atom stereocenters. The summed E-state index contributed by atoms with van der Waals surface area (Å²) in [7, 11) is 0. The molecule has 0 aliphatic carbocycles. The molecule has 0 radical (unpaired) electrons. The van der Waals surface area contributed by atoms with Gasteiger partial charge in [0.05, 0.1) is 17.1 Å². The summed E-state index contributed by atoms with van der Waals surface area (Å²) in [5.74, 6) is 0.409. The average Bonchev–Trinajstić information content (AvgIpc) is 2.64. The highest BCUT2D eigenvalue weighted by Gasteiger charge is 2.13. The first-order valence-electron chi connectivity index (χ1n) is 8.22. The Bertz CT molecular complexity index is 1010. The van der Waals surface area contributed by atoms with Crippen molar-refractivity contribution in [3.8, 4) is 6.07 Å². The summed E-state index contributed by atoms with van der Waals surface area (Å²) in [6.45, 7) is 2.88. The van der Waals surface area contributed by atoms with Crippen LogP contribution in [-0.4, -0.2) is 19.0 Å². The fraction of sp³-hybridized carbons (Fsp3) is 0.150. The average molecular weight is 366 g/mol. The number of aryl methyl sites for hydroxylation is 1. The molecule has 0 atom stereocenters. The van der Waals surface area contributed by atoms with E-state index in [0.717, 1.165) is 16.5 Å². The summed E-state index contributed by atoms with van der Waals surface area (Å²) in [6, 6.07) is 17.0. The van der Waals surface area contributed by atoms with E-state index in [1.165, 1.54) is 0 Å². The van der Waals surface area contributed by atoms with Crippen LogP contribution in [-0.2, 0) is 0 Å². The summed E-state index contributed by atoms with van der Waals surface area (Å²) in [5.41, 5.74) is 3.05. The number of hydrogen-bond donors (Lipinski definition) is 2. The van der Waals surface area contributed by atoms with Gasteiger partial charge in [-0.15, -0.1) is 0 Å². The molecule has 26 heavy (non-hydrogen) atoms. The third kappa shape index (κ3) is 3.93. The number of rotatable bonds is 5. The number of fused-ring (bicyclic) bond motifs is 1. The molecule has 6 heteroatoms. The topological polar surface area (TPSA) is 79.1 Å². The molecule has 130 valence electrons. The SMILES string of the molecule is Cc1ccc2[nH+]c(NCCNC(=O)c3ccccc3Cl)c(C#N)cc2c1. The Hall–Kier alpha value is -3.10. The molecule has 3 rings (SSSR count). The number of aromatic nitrogens is 1. The Morgan fingerprint density at radius 3 is 2.77 bits per heavy atom. The molecule has 0 saturated heterocycles. The Balaban J connectivity index is 1.65. The first-order valence-corrected chi connectivity index (χ1v) is 8.59. The van der Waals surface area contributed by atoms with Gasteiger partial charge in [-0.1, -0.05) is 35.4 Å². The second-order valence-corrected chi connectivity index (χ2v) is 6.33. The highest BCUT2D eigenvalue weighted by Crippen LogP contribution is 2.17. The van der Waals surface area contributed by atoms with Crippen molar-refractivity contribution in [1.29, 1.82) is 5.26 Å². The predicted molar refractivity (Wildman–Crippen MR) is 102 cm³/mol. The van der Waals surface area contributed by atoms with E-state index in [2.05, 4.69) is 21.7 Å². The van der Waals surface area contributed by atoms with Crippen LogP contribution in [0.15, 0.2) is 48.5 Å². The first kappa shape index (κ1) is 17.7. The van der Waals surface area contributed by atoms with E-state index in [1.807, 2.05) is 31.2 Å². The number of H-pyrrole nitrogens is 1. The number of hydrogen-bond acceptors (Lipinski definition) is 3. The van der Waals surface area contributed by atoms with Crippen LogP contribution in [0.5, 0.6) is 0 Å². The monoisotopic (exact) mass is 365 g/mol. The van der Waals surface area contributed by atoms with Gasteiger partial charge in [0, 0.05) is 5.39 Å². The van der Waals surface area contributed by atoms with Crippen molar-refractivity contribution < 1.29 is 9.78 Å². The molecule has 0 saturated carbocycles. The molecular weight excluding hydrogens is 348 g/mol. The van der Waals surface area contributed by atoms with E-state index in [1.54, 1.807) is 24.3 Å². The van der Waals surface area contributed by atoms with Gasteiger partial charge in [-0.2, -0.15) is 5.26 Å². The number of pyridine rings is 1. The van der Waals surface area contributed by atoms with E-state index in [4.69, 9.17) is 11.6 Å². The van der Waals surface area contributed by atoms with Gasteiger partial charge in [0.25, 0.3) is 11.7 Å². The maximum absolute atomic E-state index is 12.1. The van der Waals surface area contributed by atoms with Crippen molar-refractivity contribution in [2.75, 3.05) is 18.4 Å². The van der Waals surface area contributed by atoms with Crippen LogP contribution in [0.2, 0.25) is 5.02 Å². The van der Waals surface area contributed by atoms with Gasteiger partial charge in [-0.05, 0) is 37.3 Å². The number of nitrogens with one attached hydrogen (secondary N) is 3. The van der Waals surface area contributed by atoms with E-state index in [9.17, 15) is 10.1 Å². The molecule has 0 spiro atoms. The van der Waals surface area contributed by atoms with E-state index in [0.29, 0.717) is 35.1 Å². The van der Waals surface area contributed by atoms with E-state index in [-0.39, 0.29) is 5.91 Å². The van der Waals surface area contributed by atoms with Gasteiger partial charge in [-0.25, -0.2) is 4.98 Å². The zero-order valence-electron chi connectivity index (χ0n) is 14.3. The molecule has 1 heterocycles. The second-order valence-electron chi connectivity index (χ2n) is 5.92. The van der Waals surface area contributed by atoms with Crippen LogP contribution in [0.1, 0.15) is 21.5 Å². The normalized spacial score (nSPS) is 10.3. The number of aromatic amines is 1. The zero-order valence-corrected chi connectivity index (χ0v) is 15.0. The van der Waals surface area contributed by atoms with E-state index < -0.39 is 0 Å². The van der Waals surface area contributed by atoms with Crippen molar-refractivity contribution in [3.05, 3.63) is 70.2 Å². The molecule has 2 aromatic carbocycles. The van der Waals surface area contributed by atoms with Crippen molar-refractivity contribution in [3.63, 3.8) is 0 Å². The summed E-state index contributed by atoms with van der Waals surface area (Å²) < 4.78 is 0. The van der Waals surface area contributed by atoms with Crippen LogP contribution in [0.25, 0.3) is 10.9 Å². The maximum Gasteiger partial charge on any atom is 0.290 e. The summed E-state index contributed by atoms with van der Waals surface area (Å²) in [5, 5.41) is 16.8. The van der Waals surface area contributed by atoms with Gasteiger partial charge < -0.3 is 5.32 Å². The lowest BCUT2D eigenvalue weighted by atomic mass is 10.1. The van der Waals surface area contributed by atoms with Gasteiger partial charge >= 0.3 is 0 Å². The number of nitriles is 1. The minimum absolute atomic E-state index is 0.226. The van der Waals surface area contributed by atoms with Crippen molar-refractivity contribution >= 4 is 34.2 Å². The van der Waals surface area contributed by atoms with Crippen LogP contribution >= 0.6 is 11.6 Å². The molecule has 0 bridgehead atoms. The van der Waals surface area contributed by atoms with Crippen molar-refractivity contribution in [2.24, 2.45) is 0 Å². The fourth-order valence-corrected chi connectivity index (χ4v) is 2.90. The Labute approximate surface area is 156 Å². The first-order chi connectivity index (χ1) is 12.6. The molecule has 3 aromatic rings. The van der Waals surface area contributed by atoms with Gasteiger partial charge in [-0.3, -0.25) is 10.1 Å². The molecule has 3 N–H and O–H groups in total. The van der Waals surface area contributed by atoms with Crippen molar-refractivity contribution in [1.82, 2.24) is 5.32 Å². The van der Waals surface area contributed by atoms with Gasteiger partial charge in [0.15, 0.2) is 0 Å². The second kappa shape index (κ2) is 7.85. The minimum atomic E-state index is -0.226. The lowest BCUT2D eigenvalue weighted by molar-refractivity contribution is -0.327. The summed E-state index contributed by atoms with van der Waals surface area (Å²) >= 11 is 6.02. The molecule has 5 nitrogen and oxygen atoms in total. The fourth-order valence-electron chi connectivity index (χ4n) is 2.68. The van der Waals surface area contributed by atoms with E-state index >= 15 is 0 Å². The van der Waals surface area contributed by atoms with Gasteiger partial charge in [0.1, 0.15) is 23.7 Å². The third-order valence-electron chi connectivity index (χ3n) is 3.99. The van der Waals surface area contributed by atoms with Crippen LogP contribution in [0, 0.1) is 18.3 Å². The number of amides is 1. The lowest BCUT2D eigenvalue weighted by Gasteiger charge is -2.07. The highest BCUT2D eigenvalue weighted by molar-refractivity contribution is 6.33. The van der Waals surface area contributed by atoms with Crippen LogP contribution in [0.3, 0.4) is 0 Å². The Morgan fingerprint density at radius 1 is 1.19 bits per heavy atom. The molecule has 0 fully saturated rings. The number of carbonyl (C=O) groups is 1. The standard InChI is InChI=1S/C20H17ClN4O/c1-13-6-7-18-14(10-13)11-15(12-22)19(25-18)23-8-9-24-20(26)16-4-2-3-5-17(16)21/h2-7,10-11H,8-9H2,1H3,(H,23,25)(H,24,26)/p+1. The van der Waals surface area contributed by atoms with Gasteiger partial charge in [0.2, 0.25) is 0 Å². The molecule has 0 aliphatic heterocycles. The van der Waals surface area contributed by atoms with Crippen LogP contribution < -0.4 is 15.6 Å². The largest absolute Gasteiger partial charge is 0.348 e. The highest BCUT2D eigenvalue weighted by atomic mass is 35.5. The zero-order chi connectivity index (χ0) is 18.5. The molecule has 1 amide bonds. The minimum Gasteiger partial charge on any atom is -0.348 e. The summed E-state index contributed by atoms with van der Waals surface area (Å²) in [6.07, 6.45) is 0. The quantitative estimate of drug-likeness (QED) is 0.680. The lowest BCUT2D eigenvalue weighted by Crippen LogP contribution is -2.30.